The van der Waals surface area contributed by atoms with E-state index >= 15 is 0 Å². The van der Waals surface area contributed by atoms with E-state index in [2.05, 4.69) is 16.8 Å². The Labute approximate surface area is 111 Å². The Hall–Kier alpha value is -1.05. The molecule has 1 saturated heterocycles. The Kier molecular flexibility index (Phi) is 4.78. The van der Waals surface area contributed by atoms with Gasteiger partial charge in [0.2, 0.25) is 0 Å². The van der Waals surface area contributed by atoms with Gasteiger partial charge in [0.15, 0.2) is 0 Å². The summed E-state index contributed by atoms with van der Waals surface area (Å²) < 4.78 is 11.9. The van der Waals surface area contributed by atoms with Gasteiger partial charge in [-0.05, 0) is 33.8 Å². The van der Waals surface area contributed by atoms with Crippen molar-refractivity contribution in [2.45, 2.75) is 52.2 Å². The van der Waals surface area contributed by atoms with Crippen molar-refractivity contribution in [3.05, 3.63) is 11.5 Å². The lowest BCUT2D eigenvalue weighted by atomic mass is 9.78. The summed E-state index contributed by atoms with van der Waals surface area (Å²) in [6.07, 6.45) is 4.39. The van der Waals surface area contributed by atoms with Crippen LogP contribution in [0.3, 0.4) is 0 Å². The molecule has 0 radical (unpaired) electrons. The van der Waals surface area contributed by atoms with Crippen LogP contribution in [0.1, 0.15) is 41.0 Å². The van der Waals surface area contributed by atoms with E-state index < -0.39 is 7.12 Å². The summed E-state index contributed by atoms with van der Waals surface area (Å²) in [4.78, 5) is 4.03. The molecule has 1 aliphatic rings. The Morgan fingerprint density at radius 2 is 1.78 bits per heavy atom. The second-order valence-electron chi connectivity index (χ2n) is 5.29. The van der Waals surface area contributed by atoms with Crippen molar-refractivity contribution in [3.63, 3.8) is 0 Å². The molecule has 98 valence electrons. The van der Waals surface area contributed by atoms with Gasteiger partial charge in [-0.2, -0.15) is 0 Å². The second-order valence-corrected chi connectivity index (χ2v) is 5.29. The lowest BCUT2D eigenvalue weighted by Gasteiger charge is -2.32. The third-order valence-corrected chi connectivity index (χ3v) is 3.32. The highest BCUT2D eigenvalue weighted by molar-refractivity contribution is 6.60. The smallest absolute Gasteiger partial charge is 0.399 e. The summed E-state index contributed by atoms with van der Waals surface area (Å²) in [5.41, 5.74) is 0.185. The topological polar surface area (TPSA) is 30.8 Å². The highest BCUT2D eigenvalue weighted by Gasteiger charge is 2.52. The van der Waals surface area contributed by atoms with E-state index in [1.807, 2.05) is 40.7 Å². The first-order valence-electron chi connectivity index (χ1n) is 6.30. The van der Waals surface area contributed by atoms with Gasteiger partial charge in [-0.3, -0.25) is 4.99 Å². The van der Waals surface area contributed by atoms with Crippen molar-refractivity contribution in [1.82, 2.24) is 0 Å². The molecule has 0 amide bonds. The molecule has 1 heterocycles. The summed E-state index contributed by atoms with van der Waals surface area (Å²) in [5, 5.41) is 0. The summed E-state index contributed by atoms with van der Waals surface area (Å²) in [5.74, 6) is 5.99. The quantitative estimate of drug-likeness (QED) is 0.426. The third kappa shape index (κ3) is 3.25. The van der Waals surface area contributed by atoms with Gasteiger partial charge in [0.1, 0.15) is 0 Å². The number of rotatable bonds is 2. The van der Waals surface area contributed by atoms with Crippen LogP contribution in [0, 0.1) is 11.8 Å². The molecule has 18 heavy (non-hydrogen) atoms. The number of nitrogens with zero attached hydrogens (tertiary/aromatic N) is 1. The van der Waals surface area contributed by atoms with E-state index in [9.17, 15) is 0 Å². The molecule has 3 nitrogen and oxygen atoms in total. The minimum absolute atomic E-state index is 0.337. The van der Waals surface area contributed by atoms with Gasteiger partial charge in [-0.25, -0.2) is 0 Å². The number of hydrogen-bond acceptors (Lipinski definition) is 3. The van der Waals surface area contributed by atoms with E-state index in [1.165, 1.54) is 0 Å². The fourth-order valence-electron chi connectivity index (χ4n) is 1.53. The van der Waals surface area contributed by atoms with Crippen LogP contribution in [0.5, 0.6) is 0 Å². The largest absolute Gasteiger partial charge is 0.497 e. The fourth-order valence-corrected chi connectivity index (χ4v) is 1.53. The Bertz CT molecular complexity index is 397. The van der Waals surface area contributed by atoms with Crippen LogP contribution < -0.4 is 0 Å². The maximum atomic E-state index is 5.96. The van der Waals surface area contributed by atoms with Crippen molar-refractivity contribution in [2.75, 3.05) is 7.05 Å². The Balaban J connectivity index is 2.95. The summed E-state index contributed by atoms with van der Waals surface area (Å²) in [7, 11) is 1.33. The molecule has 1 fully saturated rings. The Morgan fingerprint density at radius 3 is 2.22 bits per heavy atom. The molecule has 1 aliphatic heterocycles. The minimum atomic E-state index is -0.398. The SMILES string of the molecule is CCC#C/C=C(\C=NC)B1OC(C)(C)C(C)(C)O1. The number of allylic oxidation sites excluding steroid dienone is 2. The zero-order chi connectivity index (χ0) is 13.8. The van der Waals surface area contributed by atoms with Crippen LogP contribution in [0.2, 0.25) is 0 Å². The first-order chi connectivity index (χ1) is 8.34. The first kappa shape index (κ1) is 15.0. The van der Waals surface area contributed by atoms with Crippen LogP contribution in [0.4, 0.5) is 0 Å². The monoisotopic (exact) mass is 247 g/mol. The van der Waals surface area contributed by atoms with Gasteiger partial charge in [0.05, 0.1) is 11.2 Å². The summed E-state index contributed by atoms with van der Waals surface area (Å²) in [6.45, 7) is 10.1. The average molecular weight is 247 g/mol. The van der Waals surface area contributed by atoms with Crippen LogP contribution in [-0.2, 0) is 9.31 Å². The normalized spacial score (nSPS) is 22.1. The molecule has 0 unspecified atom stereocenters. The molecule has 0 aromatic heterocycles. The molecular weight excluding hydrogens is 225 g/mol. The van der Waals surface area contributed by atoms with E-state index in [0.29, 0.717) is 0 Å². The molecule has 0 N–H and O–H groups in total. The van der Waals surface area contributed by atoms with Crippen molar-refractivity contribution >= 4 is 13.3 Å². The van der Waals surface area contributed by atoms with Crippen molar-refractivity contribution in [1.29, 1.82) is 0 Å². The zero-order valence-electron chi connectivity index (χ0n) is 12.2. The lowest BCUT2D eigenvalue weighted by Crippen LogP contribution is -2.41. The van der Waals surface area contributed by atoms with Gasteiger partial charge < -0.3 is 9.31 Å². The van der Waals surface area contributed by atoms with Gasteiger partial charge >= 0.3 is 7.12 Å². The number of aliphatic imine (C=N–C) groups is 1. The minimum Gasteiger partial charge on any atom is -0.399 e. The Morgan fingerprint density at radius 1 is 1.22 bits per heavy atom. The third-order valence-electron chi connectivity index (χ3n) is 3.32. The average Bonchev–Trinajstić information content (AvgIpc) is 2.47. The van der Waals surface area contributed by atoms with Crippen molar-refractivity contribution in [3.8, 4) is 11.8 Å². The predicted molar refractivity (Wildman–Crippen MR) is 76.6 cm³/mol. The molecular formula is C14H22BNO2. The lowest BCUT2D eigenvalue weighted by molar-refractivity contribution is 0.00578. The molecule has 0 atom stereocenters. The van der Waals surface area contributed by atoms with E-state index in [-0.39, 0.29) is 11.2 Å². The van der Waals surface area contributed by atoms with Crippen LogP contribution in [0.25, 0.3) is 0 Å². The molecule has 0 spiro atoms. The second kappa shape index (κ2) is 5.73. The first-order valence-corrected chi connectivity index (χ1v) is 6.30. The zero-order valence-corrected chi connectivity index (χ0v) is 12.2. The maximum absolute atomic E-state index is 5.96. The summed E-state index contributed by atoms with van der Waals surface area (Å²) in [6, 6.07) is 0. The van der Waals surface area contributed by atoms with Gasteiger partial charge in [0, 0.05) is 25.2 Å². The molecule has 0 aliphatic carbocycles. The van der Waals surface area contributed by atoms with Gasteiger partial charge in [-0.1, -0.05) is 18.8 Å². The van der Waals surface area contributed by atoms with Crippen LogP contribution >= 0.6 is 0 Å². The molecule has 0 aromatic rings. The van der Waals surface area contributed by atoms with Gasteiger partial charge in [0.25, 0.3) is 0 Å². The molecule has 1 rings (SSSR count). The standard InChI is InChI=1S/C14H22BNO2/c1-7-8-9-10-12(11-16-6)15-17-13(2,3)14(4,5)18-15/h10-11H,7H2,1-6H3/b12-10+,16-11?. The number of hydrogen-bond donors (Lipinski definition) is 0. The highest BCUT2D eigenvalue weighted by atomic mass is 16.7. The van der Waals surface area contributed by atoms with Crippen molar-refractivity contribution < 1.29 is 9.31 Å². The summed E-state index contributed by atoms with van der Waals surface area (Å²) >= 11 is 0. The molecule has 0 bridgehead atoms. The van der Waals surface area contributed by atoms with Crippen LogP contribution in [0.15, 0.2) is 16.5 Å². The van der Waals surface area contributed by atoms with Gasteiger partial charge in [-0.15, -0.1) is 0 Å². The maximum Gasteiger partial charge on any atom is 0.497 e. The van der Waals surface area contributed by atoms with Crippen LogP contribution in [-0.4, -0.2) is 31.6 Å². The van der Waals surface area contributed by atoms with E-state index in [1.54, 1.807) is 13.3 Å². The molecule has 4 heteroatoms. The molecule has 0 saturated carbocycles. The molecule has 0 aromatic carbocycles. The van der Waals surface area contributed by atoms with E-state index in [4.69, 9.17) is 9.31 Å². The van der Waals surface area contributed by atoms with Crippen molar-refractivity contribution in [2.24, 2.45) is 4.99 Å². The predicted octanol–water partition coefficient (Wildman–Crippen LogP) is 2.66. The highest BCUT2D eigenvalue weighted by Crippen LogP contribution is 2.38. The fraction of sp³-hybridized carbons (Fsp3) is 0.643. The van der Waals surface area contributed by atoms with E-state index in [0.717, 1.165) is 11.9 Å².